The van der Waals surface area contributed by atoms with Crippen LogP contribution in [0.2, 0.25) is 0 Å². The Labute approximate surface area is 254 Å². The van der Waals surface area contributed by atoms with Gasteiger partial charge in [0, 0.05) is 48.0 Å². The van der Waals surface area contributed by atoms with Gasteiger partial charge in [-0.2, -0.15) is 0 Å². The van der Waals surface area contributed by atoms with Gasteiger partial charge in [0.05, 0.1) is 31.2 Å². The third kappa shape index (κ3) is 4.72. The largest absolute Gasteiger partial charge is 0.481 e. The van der Waals surface area contributed by atoms with E-state index in [9.17, 15) is 19.1 Å². The van der Waals surface area contributed by atoms with Gasteiger partial charge in [-0.1, -0.05) is 12.1 Å². The van der Waals surface area contributed by atoms with Crippen LogP contribution < -0.4 is 5.32 Å². The van der Waals surface area contributed by atoms with Gasteiger partial charge >= 0.3 is 11.9 Å². The normalized spacial score (nSPS) is 32.9. The number of fused-ring (bicyclic) bond motifs is 1. The Morgan fingerprint density at radius 2 is 1.98 bits per heavy atom. The standard InChI is InChI=1S/C30H31F4N5O4S/c1-43-28(42)21-19(36-25(26-35-6-8-44-26)37-23(21)17-3-2-4-18(31)22(17)32)13-38-14-30(33,34)24-20(38)5-7-39(24)16-11-29(12-16)9-15(10-29)27(40)41/h2-4,6,8,15-16,20,23-24H,5,7,9-14H2,1H3,(H,36,37)(H,40,41)/t15?,16?,20-,23-,24+,29?/m0/s1. The summed E-state index contributed by atoms with van der Waals surface area (Å²) in [7, 11) is 1.16. The Balaban J connectivity index is 1.18. The Hall–Kier alpha value is -3.36. The zero-order chi connectivity index (χ0) is 31.0. The summed E-state index contributed by atoms with van der Waals surface area (Å²) in [4.78, 5) is 36.8. The third-order valence-corrected chi connectivity index (χ3v) is 10.8. The van der Waals surface area contributed by atoms with Crippen LogP contribution in [0.1, 0.15) is 48.7 Å². The van der Waals surface area contributed by atoms with Gasteiger partial charge in [0.2, 0.25) is 0 Å². The number of nitrogens with zero attached hydrogens (tertiary/aromatic N) is 4. The number of carboxylic acid groups (broad SMARTS) is 1. The van der Waals surface area contributed by atoms with Crippen molar-refractivity contribution < 1.29 is 37.0 Å². The summed E-state index contributed by atoms with van der Waals surface area (Å²) in [6.07, 6.45) is 4.71. The van der Waals surface area contributed by atoms with E-state index < -0.39 is 54.2 Å². The number of hydrogen-bond acceptors (Lipinski definition) is 9. The van der Waals surface area contributed by atoms with E-state index in [1.165, 1.54) is 23.5 Å². The maximum absolute atomic E-state index is 15.8. The number of thiazole rings is 1. The van der Waals surface area contributed by atoms with Gasteiger partial charge in [-0.3, -0.25) is 19.6 Å². The average Bonchev–Trinajstić information content (AvgIpc) is 3.67. The van der Waals surface area contributed by atoms with Crippen molar-refractivity contribution >= 4 is 29.1 Å². The number of carbonyl (C=O) groups excluding carboxylic acids is 1. The molecule has 7 rings (SSSR count). The van der Waals surface area contributed by atoms with Crippen LogP contribution in [0.5, 0.6) is 0 Å². The van der Waals surface area contributed by atoms with Crippen molar-refractivity contribution in [1.82, 2.24) is 20.1 Å². The lowest BCUT2D eigenvalue weighted by atomic mass is 9.49. The summed E-state index contributed by atoms with van der Waals surface area (Å²) in [5.41, 5.74) is -0.0938. The Morgan fingerprint density at radius 3 is 2.66 bits per heavy atom. The van der Waals surface area contributed by atoms with Gasteiger partial charge in [-0.15, -0.1) is 11.3 Å². The van der Waals surface area contributed by atoms with Crippen molar-refractivity contribution in [2.45, 2.75) is 62.2 Å². The molecule has 2 aliphatic carbocycles. The molecule has 1 aromatic carbocycles. The number of carboxylic acids is 1. The molecule has 4 heterocycles. The SMILES string of the molecule is COC(=O)C1=C(CN2CC(F)(F)[C@H]3[C@@H]2CCN3C2CC3(CC(C(=O)O)C3)C2)NC(c2nccs2)=N[C@H]1c1cccc(F)c1F. The van der Waals surface area contributed by atoms with E-state index >= 15 is 13.2 Å². The molecule has 2 aromatic rings. The number of nitrogens with one attached hydrogen (secondary N) is 1. The number of rotatable bonds is 7. The predicted molar refractivity (Wildman–Crippen MR) is 151 cm³/mol. The predicted octanol–water partition coefficient (Wildman–Crippen LogP) is 3.98. The number of aromatic nitrogens is 1. The summed E-state index contributed by atoms with van der Waals surface area (Å²) in [6.45, 7) is -0.147. The van der Waals surface area contributed by atoms with Crippen LogP contribution in [-0.4, -0.2) is 88.5 Å². The maximum Gasteiger partial charge on any atom is 0.338 e. The molecular weight excluding hydrogens is 602 g/mol. The number of alkyl halides is 2. The minimum Gasteiger partial charge on any atom is -0.481 e. The summed E-state index contributed by atoms with van der Waals surface area (Å²) in [6, 6.07) is 0.772. The number of amidine groups is 1. The third-order valence-electron chi connectivity index (χ3n) is 10.0. The van der Waals surface area contributed by atoms with Crippen molar-refractivity contribution in [3.8, 4) is 0 Å². The number of likely N-dealkylation sites (tertiary alicyclic amines) is 2. The first-order valence-corrected chi connectivity index (χ1v) is 15.5. The van der Waals surface area contributed by atoms with Gasteiger partial charge in [-0.05, 0) is 43.6 Å². The smallest absolute Gasteiger partial charge is 0.338 e. The molecule has 3 atom stereocenters. The Bertz CT molecular complexity index is 1550. The van der Waals surface area contributed by atoms with E-state index in [-0.39, 0.29) is 46.6 Å². The van der Waals surface area contributed by atoms with Crippen molar-refractivity contribution in [3.05, 3.63) is 63.3 Å². The van der Waals surface area contributed by atoms with E-state index in [0.717, 1.165) is 26.0 Å². The fraction of sp³-hybridized carbons (Fsp3) is 0.533. The minimum atomic E-state index is -3.03. The van der Waals surface area contributed by atoms with Crippen LogP contribution in [0.15, 0.2) is 46.0 Å². The number of halogens is 4. The number of aliphatic imine (C=N–C) groups is 1. The molecule has 0 bridgehead atoms. The van der Waals surface area contributed by atoms with E-state index in [2.05, 4.69) is 15.3 Å². The maximum atomic E-state index is 15.8. The molecule has 2 saturated carbocycles. The number of ether oxygens (including phenoxy) is 1. The van der Waals surface area contributed by atoms with E-state index in [4.69, 9.17) is 4.74 Å². The topological polar surface area (TPSA) is 107 Å². The molecule has 0 amide bonds. The fourth-order valence-corrected chi connectivity index (χ4v) is 8.71. The fourth-order valence-electron chi connectivity index (χ4n) is 8.12. The lowest BCUT2D eigenvalue weighted by Crippen LogP contribution is -2.60. The number of carbonyl (C=O) groups is 2. The number of methoxy groups -OCH3 is 1. The molecular formula is C30H31F4N5O4S. The summed E-state index contributed by atoms with van der Waals surface area (Å²) >= 11 is 1.25. The zero-order valence-corrected chi connectivity index (χ0v) is 24.6. The highest BCUT2D eigenvalue weighted by molar-refractivity contribution is 7.11. The van der Waals surface area contributed by atoms with E-state index in [1.54, 1.807) is 16.5 Å². The number of benzene rings is 1. The molecule has 0 radical (unpaired) electrons. The number of aliphatic carboxylic acids is 1. The molecule has 3 aliphatic heterocycles. The zero-order valence-electron chi connectivity index (χ0n) is 23.8. The second kappa shape index (κ2) is 10.6. The number of hydrogen-bond donors (Lipinski definition) is 2. The minimum absolute atomic E-state index is 0.0211. The Kier molecular flexibility index (Phi) is 7.09. The summed E-state index contributed by atoms with van der Waals surface area (Å²) in [5, 5.41) is 14.5. The molecule has 2 saturated heterocycles. The van der Waals surface area contributed by atoms with Gasteiger partial charge in [0.1, 0.15) is 6.04 Å². The van der Waals surface area contributed by atoms with Crippen molar-refractivity contribution in [2.75, 3.05) is 26.7 Å². The van der Waals surface area contributed by atoms with Gasteiger partial charge in [0.25, 0.3) is 5.92 Å². The van der Waals surface area contributed by atoms with Crippen molar-refractivity contribution in [1.29, 1.82) is 0 Å². The molecule has 1 spiro atoms. The van der Waals surface area contributed by atoms with Crippen LogP contribution >= 0.6 is 11.3 Å². The molecule has 4 fully saturated rings. The van der Waals surface area contributed by atoms with Crippen LogP contribution in [0.3, 0.4) is 0 Å². The molecule has 44 heavy (non-hydrogen) atoms. The van der Waals surface area contributed by atoms with Crippen LogP contribution in [0, 0.1) is 23.0 Å². The Morgan fingerprint density at radius 1 is 1.20 bits per heavy atom. The highest BCUT2D eigenvalue weighted by Gasteiger charge is 2.64. The van der Waals surface area contributed by atoms with Gasteiger partial charge < -0.3 is 15.2 Å². The average molecular weight is 634 g/mol. The second-order valence-corrected chi connectivity index (χ2v) is 13.5. The summed E-state index contributed by atoms with van der Waals surface area (Å²) in [5.74, 6) is -7.06. The molecule has 5 aliphatic rings. The van der Waals surface area contributed by atoms with Crippen LogP contribution in [0.25, 0.3) is 0 Å². The highest BCUT2D eigenvalue weighted by Crippen LogP contribution is 2.61. The molecule has 1 aromatic heterocycles. The van der Waals surface area contributed by atoms with Crippen molar-refractivity contribution in [3.63, 3.8) is 0 Å². The lowest BCUT2D eigenvalue weighted by Gasteiger charge is -2.59. The second-order valence-electron chi connectivity index (χ2n) is 12.6. The monoisotopic (exact) mass is 633 g/mol. The highest BCUT2D eigenvalue weighted by atomic mass is 32.1. The summed E-state index contributed by atoms with van der Waals surface area (Å²) < 4.78 is 66.0. The first kappa shape index (κ1) is 29.4. The first-order chi connectivity index (χ1) is 21.0. The van der Waals surface area contributed by atoms with Crippen LogP contribution in [-0.2, 0) is 14.3 Å². The molecule has 0 unspecified atom stereocenters. The van der Waals surface area contributed by atoms with Crippen LogP contribution in [0.4, 0.5) is 17.6 Å². The molecule has 14 heteroatoms. The van der Waals surface area contributed by atoms with Gasteiger partial charge in [0.15, 0.2) is 22.5 Å². The van der Waals surface area contributed by atoms with E-state index in [1.807, 2.05) is 4.90 Å². The molecule has 234 valence electrons. The quantitative estimate of drug-likeness (QED) is 0.349. The van der Waals surface area contributed by atoms with Gasteiger partial charge in [-0.25, -0.2) is 27.3 Å². The lowest BCUT2D eigenvalue weighted by molar-refractivity contribution is -0.162. The molecule has 9 nitrogen and oxygen atoms in total. The number of esters is 1. The first-order valence-electron chi connectivity index (χ1n) is 14.6. The van der Waals surface area contributed by atoms with Crippen molar-refractivity contribution in [2.24, 2.45) is 16.3 Å². The van der Waals surface area contributed by atoms with E-state index in [0.29, 0.717) is 30.8 Å². The molecule has 2 N–H and O–H groups in total.